The van der Waals surface area contributed by atoms with E-state index >= 15 is 0 Å². The van der Waals surface area contributed by atoms with Crippen molar-refractivity contribution < 1.29 is 9.13 Å². The number of nitrogens with two attached hydrogens (primary N) is 2. The van der Waals surface area contributed by atoms with Gasteiger partial charge in [-0.05, 0) is 111 Å². The summed E-state index contributed by atoms with van der Waals surface area (Å²) in [4.78, 5) is 10.1. The highest BCUT2D eigenvalue weighted by atomic mass is 35.5. The zero-order valence-electron chi connectivity index (χ0n) is 32.8. The minimum atomic E-state index is 0.545. The molecule has 0 aliphatic carbocycles. The highest BCUT2D eigenvalue weighted by molar-refractivity contribution is 6.36. The number of unbranched alkanes of at least 4 members (excludes halogenated alkanes) is 3. The van der Waals surface area contributed by atoms with Gasteiger partial charge in [-0.25, -0.2) is 9.97 Å². The fourth-order valence-corrected chi connectivity index (χ4v) is 8.61. The highest BCUT2D eigenvalue weighted by Crippen LogP contribution is 2.31. The smallest absolute Gasteiger partial charge is 0.239 e. The van der Waals surface area contributed by atoms with E-state index in [1.165, 1.54) is 0 Å². The average molecular weight is 851 g/mol. The van der Waals surface area contributed by atoms with Crippen molar-refractivity contribution >= 4 is 113 Å². The number of benzene rings is 6. The van der Waals surface area contributed by atoms with Crippen LogP contribution in [0.2, 0.25) is 20.1 Å². The van der Waals surface area contributed by atoms with Crippen molar-refractivity contribution in [3.05, 3.63) is 127 Å². The van der Waals surface area contributed by atoms with Crippen molar-refractivity contribution in [3.63, 3.8) is 0 Å². The molecule has 12 heteroatoms. The zero-order chi connectivity index (χ0) is 40.8. The molecule has 8 rings (SSSR count). The van der Waals surface area contributed by atoms with Crippen molar-refractivity contribution in [3.8, 4) is 11.4 Å². The number of aryl methyl sites for hydroxylation is 4. The van der Waals surface area contributed by atoms with Crippen LogP contribution >= 0.6 is 46.4 Å². The van der Waals surface area contributed by atoms with E-state index in [1.54, 1.807) is 12.1 Å². The van der Waals surface area contributed by atoms with Crippen LogP contribution in [0, 0.1) is 27.7 Å². The van der Waals surface area contributed by atoms with Crippen LogP contribution in [-0.4, -0.2) is 23.1 Å². The Hall–Kier alpha value is -5.12. The van der Waals surface area contributed by atoms with Crippen LogP contribution in [0.1, 0.15) is 47.9 Å². The summed E-state index contributed by atoms with van der Waals surface area (Å²) in [5.74, 6) is 0. The van der Waals surface area contributed by atoms with Gasteiger partial charge in [-0.3, -0.25) is 0 Å². The van der Waals surface area contributed by atoms with E-state index in [9.17, 15) is 0 Å². The molecule has 0 amide bonds. The van der Waals surface area contributed by atoms with E-state index in [0.717, 1.165) is 128 Å². The number of hydrogen-bond donors (Lipinski definition) is 4. The molecule has 0 bridgehead atoms. The van der Waals surface area contributed by atoms with Gasteiger partial charge in [0.25, 0.3) is 0 Å². The zero-order valence-corrected chi connectivity index (χ0v) is 35.8. The Morgan fingerprint density at radius 3 is 1.21 bits per heavy atom. The van der Waals surface area contributed by atoms with Gasteiger partial charge in [-0.2, -0.15) is 0 Å². The second-order valence-corrected chi connectivity index (χ2v) is 16.7. The van der Waals surface area contributed by atoms with Crippen molar-refractivity contribution in [2.45, 2.75) is 53.4 Å². The molecule has 0 aliphatic rings. The summed E-state index contributed by atoms with van der Waals surface area (Å²) >= 11 is 26.2. The maximum absolute atomic E-state index is 6.80. The van der Waals surface area contributed by atoms with Crippen LogP contribution < -0.4 is 31.2 Å². The molecule has 0 unspecified atom stereocenters. The number of hydrogen-bond acceptors (Lipinski definition) is 6. The standard InChI is InChI=1S/C46H42Cl4N8/c1-25-15-37-43(21-33(25)51)57(41-11-9-29(47)19-31(41)49)45-23-35(27(3)17-39(45)55-37)53-13-7-5-6-8-14-54-36-24-46-40(18-28(36)4)56-38-16-26(2)34(52)22-44(38)58(46)42-12-10-30(48)20-32(42)50/h9-12,15-24H,5-8,13-14H2,1-4H3,(H4,51,52,53,54)/p+2. The molecule has 0 radical (unpaired) electrons. The van der Waals surface area contributed by atoms with E-state index in [1.807, 2.05) is 62.4 Å². The van der Waals surface area contributed by atoms with Crippen molar-refractivity contribution in [1.82, 2.24) is 9.97 Å². The molecule has 8 aromatic rings. The number of fused-ring (bicyclic) bond motifs is 4. The van der Waals surface area contributed by atoms with Gasteiger partial charge in [-0.15, -0.1) is 9.13 Å². The Morgan fingerprint density at radius 1 is 0.466 bits per heavy atom. The molecule has 0 saturated heterocycles. The van der Waals surface area contributed by atoms with Crippen LogP contribution in [0.4, 0.5) is 22.7 Å². The van der Waals surface area contributed by atoms with E-state index < -0.39 is 0 Å². The first kappa shape index (κ1) is 39.7. The first-order chi connectivity index (χ1) is 27.9. The molecule has 2 heterocycles. The van der Waals surface area contributed by atoms with Gasteiger partial charge >= 0.3 is 0 Å². The summed E-state index contributed by atoms with van der Waals surface area (Å²) < 4.78 is 4.26. The lowest BCUT2D eigenvalue weighted by Crippen LogP contribution is -2.34. The Labute approximate surface area is 357 Å². The molecular formula is C46H44Cl4N8+2. The Kier molecular flexibility index (Phi) is 11.1. The fourth-order valence-electron chi connectivity index (χ4n) is 7.63. The maximum atomic E-state index is 6.80. The van der Waals surface area contributed by atoms with E-state index in [-0.39, 0.29) is 0 Å². The van der Waals surface area contributed by atoms with Gasteiger partial charge in [-0.1, -0.05) is 59.2 Å². The summed E-state index contributed by atoms with van der Waals surface area (Å²) in [5.41, 5.74) is 29.1. The van der Waals surface area contributed by atoms with E-state index in [4.69, 9.17) is 67.8 Å². The largest absolute Gasteiger partial charge is 0.398 e. The van der Waals surface area contributed by atoms with Gasteiger partial charge in [0.15, 0.2) is 0 Å². The number of halogens is 4. The SMILES string of the molecule is Cc1cc2nc3cc(C)c(NCCCCCCNc4cc5c(cc4C)nc4cc(C)c(N)cc4[n+]5-c4ccc(Cl)cc4Cl)cc3[n+](-c3ccc(Cl)cc3Cl)c2cc1N. The summed E-state index contributed by atoms with van der Waals surface area (Å²) in [6.07, 6.45) is 4.25. The summed E-state index contributed by atoms with van der Waals surface area (Å²) in [7, 11) is 0. The maximum Gasteiger partial charge on any atom is 0.239 e. The normalized spacial score (nSPS) is 11.7. The Balaban J connectivity index is 0.958. The molecule has 0 spiro atoms. The van der Waals surface area contributed by atoms with Crippen molar-refractivity contribution in [2.24, 2.45) is 0 Å². The van der Waals surface area contributed by atoms with E-state index in [2.05, 4.69) is 57.9 Å². The third kappa shape index (κ3) is 7.74. The molecule has 0 fully saturated rings. The van der Waals surface area contributed by atoms with Crippen molar-refractivity contribution in [2.75, 3.05) is 35.2 Å². The second kappa shape index (κ2) is 16.3. The molecule has 0 aliphatic heterocycles. The predicted octanol–water partition coefficient (Wildman–Crippen LogP) is 11.7. The number of aromatic nitrogens is 4. The molecule has 0 saturated carbocycles. The van der Waals surface area contributed by atoms with E-state index in [0.29, 0.717) is 31.5 Å². The minimum absolute atomic E-state index is 0.545. The number of anilines is 4. The van der Waals surface area contributed by atoms with Gasteiger partial charge in [0.1, 0.15) is 32.1 Å². The number of rotatable bonds is 11. The van der Waals surface area contributed by atoms with Crippen molar-refractivity contribution in [1.29, 1.82) is 0 Å². The first-order valence-corrected chi connectivity index (χ1v) is 20.9. The molecular weight excluding hydrogens is 806 g/mol. The molecule has 8 nitrogen and oxygen atoms in total. The fraction of sp³-hybridized carbons (Fsp3) is 0.217. The Morgan fingerprint density at radius 2 is 0.828 bits per heavy atom. The quantitative estimate of drug-likeness (QED) is 0.0447. The van der Waals surface area contributed by atoms with Crippen LogP contribution in [0.5, 0.6) is 0 Å². The lowest BCUT2D eigenvalue weighted by atomic mass is 10.1. The second-order valence-electron chi connectivity index (χ2n) is 15.1. The third-order valence-corrected chi connectivity index (χ3v) is 11.9. The average Bonchev–Trinajstić information content (AvgIpc) is 3.17. The van der Waals surface area contributed by atoms with Crippen LogP contribution in [-0.2, 0) is 0 Å². The lowest BCUT2D eigenvalue weighted by Gasteiger charge is -2.13. The number of nitrogen functional groups attached to an aromatic ring is 2. The lowest BCUT2D eigenvalue weighted by molar-refractivity contribution is -0.538. The van der Waals surface area contributed by atoms with Gasteiger partial charge in [0, 0.05) is 82.3 Å². The molecule has 294 valence electrons. The van der Waals surface area contributed by atoms with Gasteiger partial charge < -0.3 is 22.1 Å². The predicted molar refractivity (Wildman–Crippen MR) is 245 cm³/mol. The third-order valence-electron chi connectivity index (χ3n) is 10.9. The molecule has 2 aromatic heterocycles. The summed E-state index contributed by atoms with van der Waals surface area (Å²) in [6, 6.07) is 27.7. The molecule has 58 heavy (non-hydrogen) atoms. The first-order valence-electron chi connectivity index (χ1n) is 19.4. The highest BCUT2D eigenvalue weighted by Gasteiger charge is 2.26. The summed E-state index contributed by atoms with van der Waals surface area (Å²) in [6.45, 7) is 9.90. The van der Waals surface area contributed by atoms with Crippen LogP contribution in [0.3, 0.4) is 0 Å². The Bertz CT molecular complexity index is 2730. The van der Waals surface area contributed by atoms with Crippen LogP contribution in [0.25, 0.3) is 55.5 Å². The number of nitrogens with zero attached hydrogens (tertiary/aromatic N) is 4. The number of nitrogens with one attached hydrogen (secondary N) is 2. The monoisotopic (exact) mass is 848 g/mol. The minimum Gasteiger partial charge on any atom is -0.398 e. The topological polar surface area (TPSA) is 110 Å². The molecule has 6 aromatic carbocycles. The molecule has 0 atom stereocenters. The summed E-state index contributed by atoms with van der Waals surface area (Å²) in [5, 5.41) is 9.63. The molecule has 6 N–H and O–H groups in total. The van der Waals surface area contributed by atoms with Crippen LogP contribution in [0.15, 0.2) is 84.9 Å². The van der Waals surface area contributed by atoms with Gasteiger partial charge in [0.05, 0.1) is 0 Å². The van der Waals surface area contributed by atoms with Gasteiger partial charge in [0.2, 0.25) is 33.4 Å².